The zero-order valence-corrected chi connectivity index (χ0v) is 23.3. The van der Waals surface area contributed by atoms with Crippen LogP contribution in [-0.2, 0) is 19.1 Å². The maximum Gasteiger partial charge on any atom is 0.363 e. The molecule has 2 heterocycles. The Morgan fingerprint density at radius 3 is 2.02 bits per heavy atom. The van der Waals surface area contributed by atoms with Gasteiger partial charge in [-0.3, -0.25) is 14.5 Å². The van der Waals surface area contributed by atoms with Crippen molar-refractivity contribution in [3.8, 4) is 5.75 Å². The van der Waals surface area contributed by atoms with E-state index in [4.69, 9.17) is 14.2 Å². The van der Waals surface area contributed by atoms with E-state index in [1.165, 1.54) is 30.4 Å². The summed E-state index contributed by atoms with van der Waals surface area (Å²) in [6.45, 7) is 1.54. The van der Waals surface area contributed by atoms with E-state index >= 15 is 0 Å². The van der Waals surface area contributed by atoms with Crippen molar-refractivity contribution in [3.63, 3.8) is 0 Å². The Balaban J connectivity index is 1.42. The fourth-order valence-corrected chi connectivity index (χ4v) is 5.59. The number of hydrogen-bond donors (Lipinski definition) is 1. The molecular formula is C31H24N2O8S. The molecule has 0 radical (unpaired) electrons. The molecule has 2 amide bonds. The summed E-state index contributed by atoms with van der Waals surface area (Å²) in [6.07, 6.45) is 1.18. The highest BCUT2D eigenvalue weighted by Gasteiger charge is 2.55. The normalized spacial score (nSPS) is 18.5. The van der Waals surface area contributed by atoms with Crippen molar-refractivity contribution in [2.75, 3.05) is 7.11 Å². The van der Waals surface area contributed by atoms with Gasteiger partial charge in [-0.05, 0) is 61.0 Å². The number of nitrogens with one attached hydrogen (secondary N) is 1. The molecule has 5 rings (SSSR count). The summed E-state index contributed by atoms with van der Waals surface area (Å²) in [7, 11) is 1.48. The first-order valence-corrected chi connectivity index (χ1v) is 13.6. The lowest BCUT2D eigenvalue weighted by molar-refractivity contribution is -0.149. The van der Waals surface area contributed by atoms with Gasteiger partial charge < -0.3 is 19.5 Å². The maximum absolute atomic E-state index is 13.4. The largest absolute Gasteiger partial charge is 0.497 e. The van der Waals surface area contributed by atoms with Crippen LogP contribution in [0.3, 0.4) is 0 Å². The van der Waals surface area contributed by atoms with Gasteiger partial charge in [0.1, 0.15) is 29.1 Å². The van der Waals surface area contributed by atoms with E-state index in [2.05, 4.69) is 5.32 Å². The minimum Gasteiger partial charge on any atom is -0.497 e. The van der Waals surface area contributed by atoms with E-state index in [0.717, 1.165) is 11.8 Å². The molecule has 0 saturated carbocycles. The third kappa shape index (κ3) is 5.68. The highest BCUT2D eigenvalue weighted by molar-refractivity contribution is 8.04. The number of carbonyl (C=O) groups is 5. The summed E-state index contributed by atoms with van der Waals surface area (Å²) in [5.74, 6) is -3.14. The van der Waals surface area contributed by atoms with Crippen molar-refractivity contribution in [2.45, 2.75) is 18.3 Å². The van der Waals surface area contributed by atoms with Gasteiger partial charge in [-0.2, -0.15) is 0 Å². The monoisotopic (exact) mass is 584 g/mol. The van der Waals surface area contributed by atoms with Gasteiger partial charge in [0.2, 0.25) is 0 Å². The van der Waals surface area contributed by atoms with E-state index in [1.54, 1.807) is 79.7 Å². The van der Waals surface area contributed by atoms with Crippen molar-refractivity contribution < 1.29 is 38.2 Å². The van der Waals surface area contributed by atoms with Crippen LogP contribution in [-0.4, -0.2) is 53.1 Å². The molecule has 0 aliphatic carbocycles. The lowest BCUT2D eigenvalue weighted by Gasteiger charge is -2.49. The fraction of sp³-hybridized carbons (Fsp3) is 0.129. The van der Waals surface area contributed by atoms with Gasteiger partial charge in [-0.25, -0.2) is 14.4 Å². The van der Waals surface area contributed by atoms with Crippen LogP contribution in [0.5, 0.6) is 5.75 Å². The average Bonchev–Trinajstić information content (AvgIpc) is 3.03. The van der Waals surface area contributed by atoms with Crippen LogP contribution in [0.25, 0.3) is 0 Å². The Morgan fingerprint density at radius 1 is 0.810 bits per heavy atom. The number of esters is 3. The van der Waals surface area contributed by atoms with Crippen molar-refractivity contribution >= 4 is 41.5 Å². The minimum absolute atomic E-state index is 0.0969. The van der Waals surface area contributed by atoms with Gasteiger partial charge in [-0.15, -0.1) is 0 Å². The Kier molecular flexibility index (Phi) is 8.21. The van der Waals surface area contributed by atoms with Crippen LogP contribution in [0.2, 0.25) is 0 Å². The second-order valence-corrected chi connectivity index (χ2v) is 10.3. The van der Waals surface area contributed by atoms with E-state index in [0.29, 0.717) is 21.8 Å². The number of ether oxygens (including phenoxy) is 3. The highest BCUT2D eigenvalue weighted by Crippen LogP contribution is 2.46. The molecule has 1 N–H and O–H groups in total. The number of thioether (sulfide) groups is 1. The summed E-state index contributed by atoms with van der Waals surface area (Å²) in [4.78, 5) is 66.3. The molecule has 3 aromatic rings. The predicted octanol–water partition coefficient (Wildman–Crippen LogP) is 4.06. The molecular weight excluding hydrogens is 560 g/mol. The Labute approximate surface area is 244 Å². The topological polar surface area (TPSA) is 128 Å². The summed E-state index contributed by atoms with van der Waals surface area (Å²) >= 11 is 1.13. The molecule has 0 aromatic heterocycles. The SMILES string of the molecule is COc1ccc(C(=O)OC(=O)C2=C(C)C(=COC(=O)c3ccccc3)S[C@@H]3C(NC(=O)c4ccccc4)C(=O)N23)cc1. The molecule has 10 nitrogen and oxygen atoms in total. The number of hydrogen-bond acceptors (Lipinski definition) is 9. The Bertz CT molecular complexity index is 1620. The molecule has 3 aromatic carbocycles. The van der Waals surface area contributed by atoms with Gasteiger partial charge in [0.15, 0.2) is 0 Å². The van der Waals surface area contributed by atoms with Gasteiger partial charge in [0.05, 0.1) is 23.1 Å². The molecule has 0 spiro atoms. The van der Waals surface area contributed by atoms with E-state index < -0.39 is 41.1 Å². The van der Waals surface area contributed by atoms with Crippen LogP contribution < -0.4 is 10.1 Å². The van der Waals surface area contributed by atoms with Crippen molar-refractivity contribution in [3.05, 3.63) is 124 Å². The number of rotatable bonds is 7. The van der Waals surface area contributed by atoms with Crippen LogP contribution >= 0.6 is 11.8 Å². The van der Waals surface area contributed by atoms with Crippen LogP contribution in [0, 0.1) is 0 Å². The summed E-state index contributed by atoms with van der Waals surface area (Å²) in [6, 6.07) is 21.7. The summed E-state index contributed by atoms with van der Waals surface area (Å²) in [5.41, 5.74) is 0.826. The number of benzene rings is 3. The molecule has 2 aliphatic heterocycles. The molecule has 42 heavy (non-hydrogen) atoms. The fourth-order valence-electron chi connectivity index (χ4n) is 4.32. The van der Waals surface area contributed by atoms with Crippen molar-refractivity contribution in [2.24, 2.45) is 0 Å². The number of β-lactam (4-membered cyclic amide) rings is 1. The van der Waals surface area contributed by atoms with Crippen LogP contribution in [0.4, 0.5) is 0 Å². The quantitative estimate of drug-likeness (QED) is 0.189. The second-order valence-electron chi connectivity index (χ2n) is 9.17. The number of nitrogens with zero attached hydrogens (tertiary/aromatic N) is 1. The number of carbonyl (C=O) groups excluding carboxylic acids is 5. The standard InChI is InChI=1S/C31H24N2O8S/c1-18-23(17-40-29(36)20-11-7-4-8-12-20)42-28-24(32-26(34)19-9-5-3-6-10-19)27(35)33(28)25(18)31(38)41-30(37)21-13-15-22(39-2)16-14-21/h3-17,24,28H,1-2H3,(H,32,34)/t24?,28-/m1/s1. The number of amides is 2. The Morgan fingerprint density at radius 2 is 1.40 bits per heavy atom. The van der Waals surface area contributed by atoms with E-state index in [-0.39, 0.29) is 16.8 Å². The first-order chi connectivity index (χ1) is 20.3. The number of methoxy groups -OCH3 is 1. The van der Waals surface area contributed by atoms with E-state index in [9.17, 15) is 24.0 Å². The van der Waals surface area contributed by atoms with Gasteiger partial charge >= 0.3 is 17.9 Å². The van der Waals surface area contributed by atoms with Crippen LogP contribution in [0.15, 0.2) is 107 Å². The third-order valence-electron chi connectivity index (χ3n) is 6.57. The second kappa shape index (κ2) is 12.1. The number of allylic oxidation sites excluding steroid dienone is 1. The minimum atomic E-state index is -1.07. The summed E-state index contributed by atoms with van der Waals surface area (Å²) in [5, 5.41) is 1.94. The highest BCUT2D eigenvalue weighted by atomic mass is 32.2. The molecule has 1 saturated heterocycles. The maximum atomic E-state index is 13.4. The predicted molar refractivity (Wildman–Crippen MR) is 152 cm³/mol. The van der Waals surface area contributed by atoms with Crippen molar-refractivity contribution in [1.29, 1.82) is 0 Å². The van der Waals surface area contributed by atoms with Gasteiger partial charge in [-0.1, -0.05) is 48.2 Å². The molecule has 2 aliphatic rings. The molecule has 0 bridgehead atoms. The molecule has 1 fully saturated rings. The molecule has 2 atom stereocenters. The molecule has 11 heteroatoms. The van der Waals surface area contributed by atoms with Gasteiger partial charge in [0.25, 0.3) is 11.8 Å². The number of fused-ring (bicyclic) bond motifs is 1. The van der Waals surface area contributed by atoms with Crippen LogP contribution in [0.1, 0.15) is 38.0 Å². The third-order valence-corrected chi connectivity index (χ3v) is 7.95. The van der Waals surface area contributed by atoms with Gasteiger partial charge in [0, 0.05) is 5.56 Å². The average molecular weight is 585 g/mol. The Hall–Kier alpha value is -5.16. The molecule has 1 unspecified atom stereocenters. The first kappa shape index (κ1) is 28.4. The first-order valence-electron chi connectivity index (χ1n) is 12.7. The molecule has 212 valence electrons. The lowest BCUT2D eigenvalue weighted by Crippen LogP contribution is -2.70. The lowest BCUT2D eigenvalue weighted by atomic mass is 10.0. The zero-order valence-electron chi connectivity index (χ0n) is 22.4. The smallest absolute Gasteiger partial charge is 0.363 e. The zero-order chi connectivity index (χ0) is 29.8. The van der Waals surface area contributed by atoms with E-state index in [1.807, 2.05) is 0 Å². The van der Waals surface area contributed by atoms with Crippen molar-refractivity contribution in [1.82, 2.24) is 10.2 Å². The summed E-state index contributed by atoms with van der Waals surface area (Å²) < 4.78 is 15.6.